The zero-order chi connectivity index (χ0) is 17.5. The van der Waals surface area contributed by atoms with E-state index in [0.29, 0.717) is 5.56 Å². The maximum absolute atomic E-state index is 12.4. The van der Waals surface area contributed by atoms with Gasteiger partial charge in [0, 0.05) is 31.9 Å². The molecule has 0 spiro atoms. The molecule has 1 aliphatic carbocycles. The van der Waals surface area contributed by atoms with Crippen molar-refractivity contribution in [3.05, 3.63) is 22.9 Å². The second-order valence-electron chi connectivity index (χ2n) is 6.87. The van der Waals surface area contributed by atoms with Gasteiger partial charge in [0.15, 0.2) is 0 Å². The van der Waals surface area contributed by atoms with Gasteiger partial charge < -0.3 is 4.90 Å². The summed E-state index contributed by atoms with van der Waals surface area (Å²) in [5.41, 5.74) is 2.46. The van der Waals surface area contributed by atoms with Crippen molar-refractivity contribution in [3.63, 3.8) is 0 Å². The predicted octanol–water partition coefficient (Wildman–Crippen LogP) is 1.96. The molecule has 0 amide bonds. The number of rotatable bonds is 4. The molecular formula is C17H24N4O2S. The van der Waals surface area contributed by atoms with Gasteiger partial charge in [0.1, 0.15) is 11.9 Å². The van der Waals surface area contributed by atoms with Crippen LogP contribution in [-0.4, -0.2) is 49.1 Å². The average molecular weight is 348 g/mol. The normalized spacial score (nSPS) is 19.5. The number of anilines is 1. The molecule has 1 saturated heterocycles. The Morgan fingerprint density at radius 2 is 1.88 bits per heavy atom. The van der Waals surface area contributed by atoms with E-state index < -0.39 is 10.0 Å². The summed E-state index contributed by atoms with van der Waals surface area (Å²) >= 11 is 0. The lowest BCUT2D eigenvalue weighted by Crippen LogP contribution is -2.46. The van der Waals surface area contributed by atoms with Gasteiger partial charge in [-0.2, -0.15) is 5.26 Å². The summed E-state index contributed by atoms with van der Waals surface area (Å²) < 4.78 is 26.4. The summed E-state index contributed by atoms with van der Waals surface area (Å²) in [6, 6.07) is 4.23. The number of nitriles is 1. The van der Waals surface area contributed by atoms with Crippen molar-refractivity contribution in [2.45, 2.75) is 50.8 Å². The Balaban J connectivity index is 1.73. The molecular weight excluding hydrogens is 324 g/mol. The topological polar surface area (TPSA) is 77.3 Å². The molecule has 1 aromatic rings. The van der Waals surface area contributed by atoms with Crippen LogP contribution in [0.1, 0.15) is 42.5 Å². The number of piperidine rings is 1. The fourth-order valence-electron chi connectivity index (χ4n) is 3.43. The molecule has 6 nitrogen and oxygen atoms in total. The zero-order valence-electron chi connectivity index (χ0n) is 14.5. The summed E-state index contributed by atoms with van der Waals surface area (Å²) in [6.45, 7) is 5.30. The van der Waals surface area contributed by atoms with E-state index >= 15 is 0 Å². The first-order valence-corrected chi connectivity index (χ1v) is 9.95. The van der Waals surface area contributed by atoms with Crippen molar-refractivity contribution >= 4 is 15.8 Å². The van der Waals surface area contributed by atoms with Crippen molar-refractivity contribution in [3.8, 4) is 6.07 Å². The number of sulfonamides is 1. The molecule has 130 valence electrons. The third-order valence-electron chi connectivity index (χ3n) is 5.06. The summed E-state index contributed by atoms with van der Waals surface area (Å²) in [6.07, 6.45) is 3.12. The SMILES string of the molecule is Cc1cc(C)c(C#N)c(N2CCC(N(C)S(=O)(=O)C3CC3)CC2)n1. The molecule has 0 unspecified atom stereocenters. The molecule has 2 aliphatic rings. The standard InChI is InChI=1S/C17H24N4O2S/c1-12-10-13(2)19-17(16(12)11-18)21-8-6-14(7-9-21)20(3)24(22,23)15-4-5-15/h10,14-15H,4-9H2,1-3H3. The minimum Gasteiger partial charge on any atom is -0.355 e. The van der Waals surface area contributed by atoms with Crippen LogP contribution in [0.4, 0.5) is 5.82 Å². The van der Waals surface area contributed by atoms with Gasteiger partial charge in [0.05, 0.1) is 10.8 Å². The fourth-order valence-corrected chi connectivity index (χ4v) is 5.26. The van der Waals surface area contributed by atoms with Gasteiger partial charge in [-0.15, -0.1) is 0 Å². The van der Waals surface area contributed by atoms with Gasteiger partial charge in [0.2, 0.25) is 10.0 Å². The van der Waals surface area contributed by atoms with Gasteiger partial charge in [-0.05, 0) is 51.2 Å². The molecule has 0 bridgehead atoms. The minimum atomic E-state index is -3.13. The summed E-state index contributed by atoms with van der Waals surface area (Å²) in [5.74, 6) is 0.737. The van der Waals surface area contributed by atoms with Gasteiger partial charge in [0.25, 0.3) is 0 Å². The summed E-state index contributed by atoms with van der Waals surface area (Å²) in [4.78, 5) is 6.67. The first kappa shape index (κ1) is 17.2. The average Bonchev–Trinajstić information content (AvgIpc) is 3.39. The van der Waals surface area contributed by atoms with Crippen LogP contribution >= 0.6 is 0 Å². The van der Waals surface area contributed by atoms with E-state index in [2.05, 4.69) is 16.0 Å². The van der Waals surface area contributed by atoms with E-state index in [-0.39, 0.29) is 11.3 Å². The molecule has 0 aromatic carbocycles. The lowest BCUT2D eigenvalue weighted by atomic mass is 10.0. The van der Waals surface area contributed by atoms with E-state index in [4.69, 9.17) is 0 Å². The van der Waals surface area contributed by atoms with Gasteiger partial charge in [-0.3, -0.25) is 0 Å². The van der Waals surface area contributed by atoms with Crippen LogP contribution in [0.5, 0.6) is 0 Å². The fraction of sp³-hybridized carbons (Fsp3) is 0.647. The largest absolute Gasteiger partial charge is 0.355 e. The number of pyridine rings is 1. The predicted molar refractivity (Wildman–Crippen MR) is 93.4 cm³/mol. The molecule has 0 atom stereocenters. The maximum atomic E-state index is 12.4. The second kappa shape index (κ2) is 6.34. The van der Waals surface area contributed by atoms with Gasteiger partial charge in [-0.25, -0.2) is 17.7 Å². The van der Waals surface area contributed by atoms with Crippen LogP contribution in [0.3, 0.4) is 0 Å². The Morgan fingerprint density at radius 1 is 1.25 bits per heavy atom. The van der Waals surface area contributed by atoms with Crippen LogP contribution in [-0.2, 0) is 10.0 Å². The Morgan fingerprint density at radius 3 is 2.42 bits per heavy atom. The van der Waals surface area contributed by atoms with Crippen molar-refractivity contribution < 1.29 is 8.42 Å². The van der Waals surface area contributed by atoms with Crippen LogP contribution in [0, 0.1) is 25.2 Å². The highest BCUT2D eigenvalue weighted by Crippen LogP contribution is 2.33. The number of aromatic nitrogens is 1. The number of nitrogens with zero attached hydrogens (tertiary/aromatic N) is 4. The molecule has 3 rings (SSSR count). The Bertz CT molecular complexity index is 773. The van der Waals surface area contributed by atoms with E-state index in [0.717, 1.165) is 55.8 Å². The van der Waals surface area contributed by atoms with Crippen LogP contribution in [0.15, 0.2) is 6.07 Å². The monoisotopic (exact) mass is 348 g/mol. The molecule has 7 heteroatoms. The van der Waals surface area contributed by atoms with Gasteiger partial charge >= 0.3 is 0 Å². The quantitative estimate of drug-likeness (QED) is 0.831. The molecule has 24 heavy (non-hydrogen) atoms. The minimum absolute atomic E-state index is 0.0447. The number of hydrogen-bond acceptors (Lipinski definition) is 5. The molecule has 2 fully saturated rings. The summed E-state index contributed by atoms with van der Waals surface area (Å²) in [7, 11) is -1.41. The first-order chi connectivity index (χ1) is 11.3. The first-order valence-electron chi connectivity index (χ1n) is 8.44. The Labute approximate surface area is 144 Å². The van der Waals surface area contributed by atoms with Crippen LogP contribution < -0.4 is 4.90 Å². The molecule has 1 aromatic heterocycles. The molecule has 2 heterocycles. The zero-order valence-corrected chi connectivity index (χ0v) is 15.3. The van der Waals surface area contributed by atoms with Crippen LogP contribution in [0.25, 0.3) is 0 Å². The van der Waals surface area contributed by atoms with E-state index in [1.165, 1.54) is 0 Å². The Hall–Kier alpha value is -1.65. The Kier molecular flexibility index (Phi) is 4.54. The number of aryl methyl sites for hydroxylation is 2. The number of hydrogen-bond donors (Lipinski definition) is 0. The van der Waals surface area contributed by atoms with E-state index in [1.807, 2.05) is 19.9 Å². The van der Waals surface area contributed by atoms with Crippen molar-refractivity contribution in [1.29, 1.82) is 5.26 Å². The molecule has 0 radical (unpaired) electrons. The highest BCUT2D eigenvalue weighted by Gasteiger charge is 2.41. The molecule has 0 N–H and O–H groups in total. The van der Waals surface area contributed by atoms with E-state index in [9.17, 15) is 13.7 Å². The van der Waals surface area contributed by atoms with Crippen molar-refractivity contribution in [2.24, 2.45) is 0 Å². The molecule has 1 aliphatic heterocycles. The maximum Gasteiger partial charge on any atom is 0.216 e. The van der Waals surface area contributed by atoms with Crippen LogP contribution in [0.2, 0.25) is 0 Å². The highest BCUT2D eigenvalue weighted by atomic mass is 32.2. The van der Waals surface area contributed by atoms with E-state index in [1.54, 1.807) is 11.4 Å². The second-order valence-corrected chi connectivity index (χ2v) is 9.14. The lowest BCUT2D eigenvalue weighted by molar-refractivity contribution is 0.311. The lowest BCUT2D eigenvalue weighted by Gasteiger charge is -2.37. The van der Waals surface area contributed by atoms with Crippen molar-refractivity contribution in [1.82, 2.24) is 9.29 Å². The third-order valence-corrected chi connectivity index (χ3v) is 7.48. The third kappa shape index (κ3) is 3.13. The smallest absolute Gasteiger partial charge is 0.216 e. The molecule has 1 saturated carbocycles. The summed E-state index contributed by atoms with van der Waals surface area (Å²) in [5, 5.41) is 9.27. The van der Waals surface area contributed by atoms with Crippen molar-refractivity contribution in [2.75, 3.05) is 25.0 Å². The highest BCUT2D eigenvalue weighted by molar-refractivity contribution is 7.90. The van der Waals surface area contributed by atoms with Gasteiger partial charge in [-0.1, -0.05) is 0 Å².